The van der Waals surface area contributed by atoms with Crippen LogP contribution in [-0.4, -0.2) is 0 Å². The quantitative estimate of drug-likeness (QED) is 0.682. The first-order valence-electron chi connectivity index (χ1n) is 6.29. The summed E-state index contributed by atoms with van der Waals surface area (Å²) in [5.41, 5.74) is 3.45. The summed E-state index contributed by atoms with van der Waals surface area (Å²) in [7, 11) is 2.07. The third-order valence-corrected chi connectivity index (χ3v) is 4.31. The molecule has 0 spiro atoms. The summed E-state index contributed by atoms with van der Waals surface area (Å²) in [6, 6.07) is 18.1. The third kappa shape index (κ3) is 3.64. The highest BCUT2D eigenvalue weighted by Crippen LogP contribution is 2.25. The standard InChI is InChI=1S/C16H13ClN2S.BrH/c1-19-15(12-5-3-2-4-6-12)11-20-16(19)18-14-9-7-13(17)8-10-14;/h2-11H,1H3;1H. The fourth-order valence-electron chi connectivity index (χ4n) is 2.02. The number of hydrogen-bond donors (Lipinski definition) is 1. The SMILES string of the molecule is C[n+]1c(-c2ccccc2)csc1Nc1ccc(Cl)cc1.[Br-]. The molecule has 1 N–H and O–H groups in total. The van der Waals surface area contributed by atoms with Gasteiger partial charge in [-0.3, -0.25) is 0 Å². The van der Waals surface area contributed by atoms with Gasteiger partial charge in [-0.25, -0.2) is 9.88 Å². The molecular formula is C16H14BrClN2S. The predicted molar refractivity (Wildman–Crippen MR) is 85.7 cm³/mol. The fourth-order valence-corrected chi connectivity index (χ4v) is 3.10. The monoisotopic (exact) mass is 380 g/mol. The molecule has 0 unspecified atom stereocenters. The molecule has 0 aliphatic carbocycles. The van der Waals surface area contributed by atoms with E-state index in [2.05, 4.69) is 46.6 Å². The molecule has 0 saturated carbocycles. The minimum atomic E-state index is 0. The largest absolute Gasteiger partial charge is 1.00 e. The first-order chi connectivity index (χ1) is 9.74. The van der Waals surface area contributed by atoms with E-state index in [9.17, 15) is 0 Å². The highest BCUT2D eigenvalue weighted by atomic mass is 79.9. The van der Waals surface area contributed by atoms with Crippen molar-refractivity contribution in [3.63, 3.8) is 0 Å². The van der Waals surface area contributed by atoms with Crippen molar-refractivity contribution in [1.29, 1.82) is 0 Å². The number of halogens is 2. The molecule has 1 heterocycles. The summed E-state index contributed by atoms with van der Waals surface area (Å²) in [6.07, 6.45) is 0. The Bertz CT molecular complexity index is 711. The Kier molecular flexibility index (Phi) is 5.39. The Morgan fingerprint density at radius 2 is 1.67 bits per heavy atom. The van der Waals surface area contributed by atoms with Crippen LogP contribution in [0, 0.1) is 0 Å². The maximum atomic E-state index is 5.90. The van der Waals surface area contributed by atoms with Crippen molar-refractivity contribution >= 4 is 33.8 Å². The van der Waals surface area contributed by atoms with Gasteiger partial charge >= 0.3 is 5.13 Å². The van der Waals surface area contributed by atoms with Crippen LogP contribution in [0.1, 0.15) is 0 Å². The maximum Gasteiger partial charge on any atom is 0.339 e. The minimum absolute atomic E-state index is 0. The molecule has 0 fully saturated rings. The van der Waals surface area contributed by atoms with Crippen molar-refractivity contribution in [3.8, 4) is 11.3 Å². The van der Waals surface area contributed by atoms with Gasteiger partial charge in [-0.2, -0.15) is 0 Å². The molecular weight excluding hydrogens is 368 g/mol. The molecule has 2 nitrogen and oxygen atoms in total. The van der Waals surface area contributed by atoms with Crippen LogP contribution in [0.25, 0.3) is 11.3 Å². The van der Waals surface area contributed by atoms with Gasteiger partial charge in [-0.1, -0.05) is 53.3 Å². The Balaban J connectivity index is 0.00000161. The van der Waals surface area contributed by atoms with Gasteiger partial charge in [0.05, 0.1) is 7.05 Å². The first kappa shape index (κ1) is 16.0. The molecule has 0 saturated heterocycles. The molecule has 0 aliphatic heterocycles. The second-order valence-electron chi connectivity index (χ2n) is 4.48. The van der Waals surface area contributed by atoms with E-state index in [4.69, 9.17) is 11.6 Å². The number of anilines is 2. The normalized spacial score (nSPS) is 10.0. The molecule has 1 aromatic heterocycles. The Labute approximate surface area is 143 Å². The molecule has 2 aromatic carbocycles. The molecule has 5 heteroatoms. The lowest BCUT2D eigenvalue weighted by molar-refractivity contribution is -0.641. The number of thiazole rings is 1. The smallest absolute Gasteiger partial charge is 0.339 e. The number of aromatic nitrogens is 1. The summed E-state index contributed by atoms with van der Waals surface area (Å²) >= 11 is 7.59. The second-order valence-corrected chi connectivity index (χ2v) is 5.78. The molecule has 0 bridgehead atoms. The first-order valence-corrected chi connectivity index (χ1v) is 7.55. The van der Waals surface area contributed by atoms with E-state index >= 15 is 0 Å². The lowest BCUT2D eigenvalue weighted by atomic mass is 10.2. The number of nitrogens with zero attached hydrogens (tertiary/aromatic N) is 1. The lowest BCUT2D eigenvalue weighted by Crippen LogP contribution is -3.00. The van der Waals surface area contributed by atoms with Gasteiger partial charge in [0.25, 0.3) is 0 Å². The molecule has 21 heavy (non-hydrogen) atoms. The van der Waals surface area contributed by atoms with Crippen LogP contribution in [0.15, 0.2) is 60.0 Å². The third-order valence-electron chi connectivity index (χ3n) is 3.11. The van der Waals surface area contributed by atoms with Crippen molar-refractivity contribution in [1.82, 2.24) is 0 Å². The van der Waals surface area contributed by atoms with Gasteiger partial charge in [0.2, 0.25) is 0 Å². The molecule has 0 radical (unpaired) electrons. The fraction of sp³-hybridized carbons (Fsp3) is 0.0625. The highest BCUT2D eigenvalue weighted by Gasteiger charge is 2.15. The van der Waals surface area contributed by atoms with E-state index in [0.717, 1.165) is 15.8 Å². The van der Waals surface area contributed by atoms with Crippen molar-refractivity contribution < 1.29 is 21.5 Å². The molecule has 0 amide bonds. The zero-order valence-electron chi connectivity index (χ0n) is 11.4. The Morgan fingerprint density at radius 1 is 1.00 bits per heavy atom. The van der Waals surface area contributed by atoms with Crippen LogP contribution >= 0.6 is 22.9 Å². The maximum absolute atomic E-state index is 5.90. The van der Waals surface area contributed by atoms with E-state index in [1.807, 2.05) is 30.3 Å². The van der Waals surface area contributed by atoms with Gasteiger partial charge in [0.1, 0.15) is 11.4 Å². The van der Waals surface area contributed by atoms with Crippen molar-refractivity contribution in [2.45, 2.75) is 0 Å². The van der Waals surface area contributed by atoms with Crippen LogP contribution in [0.5, 0.6) is 0 Å². The predicted octanol–water partition coefficient (Wildman–Crippen LogP) is 1.64. The average molecular weight is 382 g/mol. The molecule has 108 valence electrons. The Hall–Kier alpha value is -1.36. The van der Waals surface area contributed by atoms with Gasteiger partial charge in [-0.15, -0.1) is 0 Å². The van der Waals surface area contributed by atoms with Crippen molar-refractivity contribution in [2.24, 2.45) is 7.05 Å². The van der Waals surface area contributed by atoms with Gasteiger partial charge < -0.3 is 17.0 Å². The summed E-state index contributed by atoms with van der Waals surface area (Å²) in [6.45, 7) is 0. The summed E-state index contributed by atoms with van der Waals surface area (Å²) in [5, 5.41) is 7.41. The minimum Gasteiger partial charge on any atom is -1.00 e. The summed E-state index contributed by atoms with van der Waals surface area (Å²) < 4.78 is 2.16. The zero-order valence-corrected chi connectivity index (χ0v) is 14.5. The number of nitrogens with one attached hydrogen (secondary N) is 1. The van der Waals surface area contributed by atoms with Crippen LogP contribution < -0.4 is 26.9 Å². The zero-order chi connectivity index (χ0) is 13.9. The van der Waals surface area contributed by atoms with E-state index in [-0.39, 0.29) is 17.0 Å². The van der Waals surface area contributed by atoms with Gasteiger partial charge in [-0.05, 0) is 24.3 Å². The van der Waals surface area contributed by atoms with E-state index in [0.29, 0.717) is 0 Å². The Morgan fingerprint density at radius 3 is 2.33 bits per heavy atom. The number of rotatable bonds is 3. The van der Waals surface area contributed by atoms with Crippen LogP contribution in [0.4, 0.5) is 10.8 Å². The van der Waals surface area contributed by atoms with E-state index < -0.39 is 0 Å². The van der Waals surface area contributed by atoms with Crippen molar-refractivity contribution in [3.05, 3.63) is 65.0 Å². The summed E-state index contributed by atoms with van der Waals surface area (Å²) in [5.74, 6) is 0. The van der Waals surface area contributed by atoms with Crippen LogP contribution in [0.2, 0.25) is 5.02 Å². The second kappa shape index (κ2) is 7.07. The van der Waals surface area contributed by atoms with Gasteiger partial charge in [0, 0.05) is 16.0 Å². The number of hydrogen-bond acceptors (Lipinski definition) is 2. The van der Waals surface area contributed by atoms with Gasteiger partial charge in [0.15, 0.2) is 0 Å². The van der Waals surface area contributed by atoms with E-state index in [1.54, 1.807) is 11.3 Å². The molecule has 3 rings (SSSR count). The van der Waals surface area contributed by atoms with E-state index in [1.165, 1.54) is 11.3 Å². The van der Waals surface area contributed by atoms with Crippen molar-refractivity contribution in [2.75, 3.05) is 5.32 Å². The molecule has 0 aliphatic rings. The van der Waals surface area contributed by atoms with Crippen LogP contribution in [0.3, 0.4) is 0 Å². The topological polar surface area (TPSA) is 15.9 Å². The summed E-state index contributed by atoms with van der Waals surface area (Å²) in [4.78, 5) is 0. The van der Waals surface area contributed by atoms with Crippen LogP contribution in [-0.2, 0) is 7.05 Å². The molecule has 3 aromatic rings. The average Bonchev–Trinajstić information content (AvgIpc) is 2.84. The lowest BCUT2D eigenvalue weighted by Gasteiger charge is -2.01. The molecule has 0 atom stereocenters. The number of benzene rings is 2. The highest BCUT2D eigenvalue weighted by molar-refractivity contribution is 7.13.